The van der Waals surface area contributed by atoms with Crippen molar-refractivity contribution >= 4 is 23.3 Å². The van der Waals surface area contributed by atoms with E-state index in [2.05, 4.69) is 5.32 Å². The number of rotatable bonds is 3. The van der Waals surface area contributed by atoms with Gasteiger partial charge < -0.3 is 20.5 Å². The Morgan fingerprint density at radius 2 is 2.12 bits per heavy atom. The first-order valence-electron chi connectivity index (χ1n) is 7.21. The van der Waals surface area contributed by atoms with Crippen molar-refractivity contribution in [3.63, 3.8) is 0 Å². The fourth-order valence-corrected chi connectivity index (χ4v) is 2.96. The molecule has 0 aliphatic carbocycles. The summed E-state index contributed by atoms with van der Waals surface area (Å²) in [5.74, 6) is -3.14. The minimum absolute atomic E-state index is 0.117. The zero-order valence-electron chi connectivity index (χ0n) is 13.0. The summed E-state index contributed by atoms with van der Waals surface area (Å²) in [6.45, 7) is 3.12. The van der Waals surface area contributed by atoms with Crippen LogP contribution in [0.25, 0.3) is 0 Å². The Balaban J connectivity index is 2.57. The highest BCUT2D eigenvalue weighted by molar-refractivity contribution is 7.80. The number of halogens is 3. The highest BCUT2D eigenvalue weighted by Gasteiger charge is 2.66. The smallest absolute Gasteiger partial charge is 0.437 e. The maximum Gasteiger partial charge on any atom is 0.437 e. The quantitative estimate of drug-likeness (QED) is 0.564. The third-order valence-corrected chi connectivity index (χ3v) is 3.97. The molecule has 1 aliphatic rings. The van der Waals surface area contributed by atoms with Gasteiger partial charge in [-0.3, -0.25) is 4.79 Å². The number of nitrogens with one attached hydrogen (secondary N) is 2. The molecule has 5 nitrogen and oxygen atoms in total. The van der Waals surface area contributed by atoms with Gasteiger partial charge in [0.1, 0.15) is 5.92 Å². The average molecular weight is 362 g/mol. The zero-order chi connectivity index (χ0) is 18.1. The predicted molar refractivity (Wildman–Crippen MR) is 83.9 cm³/mol. The van der Waals surface area contributed by atoms with Gasteiger partial charge in [-0.15, -0.1) is 0 Å². The Hall–Kier alpha value is -1.87. The van der Waals surface area contributed by atoms with Crippen LogP contribution in [0, 0.1) is 12.8 Å². The van der Waals surface area contributed by atoms with Crippen molar-refractivity contribution in [3.8, 4) is 0 Å². The molecule has 0 saturated carbocycles. The third-order valence-electron chi connectivity index (χ3n) is 3.75. The second kappa shape index (κ2) is 6.56. The first-order valence-corrected chi connectivity index (χ1v) is 7.62. The van der Waals surface area contributed by atoms with Crippen LogP contribution in [0.4, 0.5) is 13.2 Å². The summed E-state index contributed by atoms with van der Waals surface area (Å²) in [5.41, 5.74) is -2.35. The summed E-state index contributed by atoms with van der Waals surface area (Å²) in [4.78, 5) is 12.2. The van der Waals surface area contributed by atoms with Gasteiger partial charge in [0, 0.05) is 0 Å². The number of aryl methyl sites for hydroxylation is 1. The number of esters is 1. The number of hydrogen-bond acceptors (Lipinski definition) is 4. The van der Waals surface area contributed by atoms with Crippen LogP contribution in [0.1, 0.15) is 24.1 Å². The van der Waals surface area contributed by atoms with Gasteiger partial charge in [-0.05, 0) is 31.6 Å². The van der Waals surface area contributed by atoms with Crippen LogP contribution in [0.3, 0.4) is 0 Å². The molecule has 1 aliphatic heterocycles. The molecule has 1 heterocycles. The van der Waals surface area contributed by atoms with Gasteiger partial charge in [0.2, 0.25) is 0 Å². The van der Waals surface area contributed by atoms with E-state index in [1.165, 1.54) is 6.92 Å². The monoisotopic (exact) mass is 362 g/mol. The molecule has 3 atom stereocenters. The van der Waals surface area contributed by atoms with Crippen LogP contribution >= 0.6 is 12.2 Å². The van der Waals surface area contributed by atoms with Crippen molar-refractivity contribution < 1.29 is 27.8 Å². The van der Waals surface area contributed by atoms with E-state index >= 15 is 0 Å². The highest BCUT2D eigenvalue weighted by atomic mass is 32.1. The van der Waals surface area contributed by atoms with Gasteiger partial charge in [-0.2, -0.15) is 13.2 Å². The Bertz CT molecular complexity index is 653. The molecule has 1 fully saturated rings. The summed E-state index contributed by atoms with van der Waals surface area (Å²) in [7, 11) is 0. The standard InChI is InChI=1S/C15H17F3N2O3S/c1-3-23-12(21)10-11(9-6-4-5-8(2)7-9)19-13(24)20-14(10,22)15(16,17)18/h4-7,10-11,22H,3H2,1-2H3,(H2,19,20,24)/t10-,11-,14-/m1/s1. The first kappa shape index (κ1) is 18.5. The summed E-state index contributed by atoms with van der Waals surface area (Å²) < 4.78 is 45.3. The lowest BCUT2D eigenvalue weighted by molar-refractivity contribution is -0.292. The number of aliphatic hydroxyl groups is 1. The summed E-state index contributed by atoms with van der Waals surface area (Å²) >= 11 is 4.80. The number of benzene rings is 1. The Kier molecular flexibility index (Phi) is 5.05. The molecule has 24 heavy (non-hydrogen) atoms. The molecule has 0 bridgehead atoms. The van der Waals surface area contributed by atoms with Gasteiger partial charge in [-0.1, -0.05) is 29.8 Å². The summed E-state index contributed by atoms with van der Waals surface area (Å²) in [6.07, 6.45) is -5.14. The van der Waals surface area contributed by atoms with Crippen molar-refractivity contribution in [2.24, 2.45) is 5.92 Å². The minimum atomic E-state index is -5.14. The summed E-state index contributed by atoms with van der Waals surface area (Å²) in [6, 6.07) is 5.39. The number of carbonyl (C=O) groups is 1. The van der Waals surface area contributed by atoms with Crippen molar-refractivity contribution in [2.75, 3.05) is 6.61 Å². The first-order chi connectivity index (χ1) is 11.1. The van der Waals surface area contributed by atoms with Crippen LogP contribution in [0.5, 0.6) is 0 Å². The maximum absolute atomic E-state index is 13.5. The molecule has 1 saturated heterocycles. The van der Waals surface area contributed by atoms with E-state index in [0.717, 1.165) is 5.56 Å². The van der Waals surface area contributed by atoms with Gasteiger partial charge in [0.05, 0.1) is 12.6 Å². The normalized spacial score (nSPS) is 27.2. The van der Waals surface area contributed by atoms with Gasteiger partial charge in [0.25, 0.3) is 5.72 Å². The molecule has 0 radical (unpaired) electrons. The van der Waals surface area contributed by atoms with E-state index in [0.29, 0.717) is 5.56 Å². The maximum atomic E-state index is 13.5. The van der Waals surface area contributed by atoms with E-state index in [1.807, 2.05) is 0 Å². The van der Waals surface area contributed by atoms with Gasteiger partial charge >= 0.3 is 12.1 Å². The number of carbonyl (C=O) groups excluding carboxylic acids is 1. The van der Waals surface area contributed by atoms with E-state index in [4.69, 9.17) is 17.0 Å². The molecule has 132 valence electrons. The number of thiocarbonyl (C=S) groups is 1. The largest absolute Gasteiger partial charge is 0.466 e. The lowest BCUT2D eigenvalue weighted by atomic mass is 9.82. The lowest BCUT2D eigenvalue weighted by Crippen LogP contribution is -2.73. The van der Waals surface area contributed by atoms with Crippen molar-refractivity contribution in [3.05, 3.63) is 35.4 Å². The molecule has 0 amide bonds. The molecule has 1 aromatic rings. The highest BCUT2D eigenvalue weighted by Crippen LogP contribution is 2.43. The lowest BCUT2D eigenvalue weighted by Gasteiger charge is -2.45. The molecule has 9 heteroatoms. The Morgan fingerprint density at radius 3 is 2.67 bits per heavy atom. The fourth-order valence-electron chi connectivity index (χ4n) is 2.68. The second-order valence-corrected chi connectivity index (χ2v) is 5.89. The van der Waals surface area contributed by atoms with Gasteiger partial charge in [-0.25, -0.2) is 0 Å². The molecular weight excluding hydrogens is 345 g/mol. The predicted octanol–water partition coefficient (Wildman–Crippen LogP) is 1.94. The Morgan fingerprint density at radius 1 is 1.46 bits per heavy atom. The molecular formula is C15H17F3N2O3S. The number of ether oxygens (including phenoxy) is 1. The molecule has 2 rings (SSSR count). The van der Waals surface area contributed by atoms with Crippen LogP contribution < -0.4 is 10.6 Å². The third kappa shape index (κ3) is 3.32. The minimum Gasteiger partial charge on any atom is -0.466 e. The number of hydrogen-bond donors (Lipinski definition) is 3. The zero-order valence-corrected chi connectivity index (χ0v) is 13.8. The molecule has 0 spiro atoms. The Labute approximate surface area is 142 Å². The van der Waals surface area contributed by atoms with E-state index in [1.54, 1.807) is 36.5 Å². The van der Waals surface area contributed by atoms with Crippen LogP contribution in [0.15, 0.2) is 24.3 Å². The van der Waals surface area contributed by atoms with E-state index in [-0.39, 0.29) is 6.61 Å². The average Bonchev–Trinajstić information content (AvgIpc) is 2.45. The van der Waals surface area contributed by atoms with Crippen LogP contribution in [-0.4, -0.2) is 34.7 Å². The SMILES string of the molecule is CCOC(=O)[C@H]1[C@@H](c2cccc(C)c2)NC(=S)N[C@]1(O)C(F)(F)F. The van der Waals surface area contributed by atoms with Gasteiger partial charge in [0.15, 0.2) is 5.11 Å². The molecule has 0 unspecified atom stereocenters. The molecule has 1 aromatic carbocycles. The second-order valence-electron chi connectivity index (χ2n) is 5.48. The van der Waals surface area contributed by atoms with Crippen molar-refractivity contribution in [1.29, 1.82) is 0 Å². The summed E-state index contributed by atoms with van der Waals surface area (Å²) in [5, 5.41) is 14.3. The van der Waals surface area contributed by atoms with E-state index in [9.17, 15) is 23.1 Å². The van der Waals surface area contributed by atoms with Crippen molar-refractivity contribution in [2.45, 2.75) is 31.8 Å². The number of alkyl halides is 3. The van der Waals surface area contributed by atoms with Crippen LogP contribution in [-0.2, 0) is 9.53 Å². The topological polar surface area (TPSA) is 70.6 Å². The van der Waals surface area contributed by atoms with Crippen LogP contribution in [0.2, 0.25) is 0 Å². The molecule has 3 N–H and O–H groups in total. The molecule has 0 aromatic heterocycles. The fraction of sp³-hybridized carbons (Fsp3) is 0.467. The van der Waals surface area contributed by atoms with E-state index < -0.39 is 34.9 Å². The van der Waals surface area contributed by atoms with Crippen molar-refractivity contribution in [1.82, 2.24) is 10.6 Å².